The fraction of sp³-hybridized carbons (Fsp3) is 0.529. The summed E-state index contributed by atoms with van der Waals surface area (Å²) >= 11 is 1.28. The Labute approximate surface area is 273 Å². The molecule has 11 nitrogen and oxygen atoms in total. The van der Waals surface area contributed by atoms with Gasteiger partial charge in [-0.1, -0.05) is 49.1 Å². The molecule has 248 valence electrons. The van der Waals surface area contributed by atoms with Crippen molar-refractivity contribution in [1.29, 1.82) is 0 Å². The molecule has 0 bridgehead atoms. The number of nitrogens with zero attached hydrogens (tertiary/aromatic N) is 3. The first-order chi connectivity index (χ1) is 21.9. The molecule has 0 saturated carbocycles. The normalized spacial score (nSPS) is 15.2. The molecular weight excluding hydrogens is 608 g/mol. The van der Waals surface area contributed by atoms with Gasteiger partial charge in [0, 0.05) is 31.4 Å². The topological polar surface area (TPSA) is 132 Å². The first-order valence-electron chi connectivity index (χ1n) is 15.6. The van der Waals surface area contributed by atoms with Crippen molar-refractivity contribution in [2.24, 2.45) is 0 Å². The Hall–Kier alpha value is -3.76. The van der Waals surface area contributed by atoms with Gasteiger partial charge in [-0.05, 0) is 45.1 Å². The minimum absolute atomic E-state index is 0.0781. The van der Waals surface area contributed by atoms with Gasteiger partial charge in [-0.2, -0.15) is 0 Å². The zero-order valence-corrected chi connectivity index (χ0v) is 27.9. The Balaban J connectivity index is 1.19. The molecule has 4 rings (SSSR count). The number of carbonyl (C=O) groups excluding carboxylic acids is 2. The van der Waals surface area contributed by atoms with E-state index in [4.69, 9.17) is 14.2 Å². The lowest BCUT2D eigenvalue weighted by atomic mass is 9.90. The van der Waals surface area contributed by atoms with Crippen LogP contribution in [0.1, 0.15) is 64.0 Å². The summed E-state index contributed by atoms with van der Waals surface area (Å²) in [5.74, 6) is 6.16. The first kappa shape index (κ1) is 35.1. The molecule has 2 N–H and O–H groups in total. The van der Waals surface area contributed by atoms with Crippen molar-refractivity contribution in [2.75, 3.05) is 46.1 Å². The van der Waals surface area contributed by atoms with Gasteiger partial charge in [-0.3, -0.25) is 14.2 Å². The van der Waals surface area contributed by atoms with Gasteiger partial charge in [-0.25, -0.2) is 9.78 Å². The first-order valence-corrected chi connectivity index (χ1v) is 16.4. The van der Waals surface area contributed by atoms with Gasteiger partial charge in [0.15, 0.2) is 0 Å². The number of aromatic nitrogens is 2. The molecule has 1 aromatic carbocycles. The van der Waals surface area contributed by atoms with Gasteiger partial charge in [0.2, 0.25) is 5.91 Å². The molecular formula is C34H44N4O7S. The quantitative estimate of drug-likeness (QED) is 0.222. The smallest absolute Gasteiger partial charge is 0.407 e. The van der Waals surface area contributed by atoms with E-state index in [9.17, 15) is 19.5 Å². The van der Waals surface area contributed by atoms with E-state index in [0.29, 0.717) is 74.5 Å². The van der Waals surface area contributed by atoms with Gasteiger partial charge >= 0.3 is 6.09 Å². The highest BCUT2D eigenvalue weighted by atomic mass is 32.1. The Kier molecular flexibility index (Phi) is 12.3. The number of alkyl carbamates (subject to hydrolysis) is 1. The van der Waals surface area contributed by atoms with E-state index in [2.05, 4.69) is 29.1 Å². The Morgan fingerprint density at radius 1 is 1.13 bits per heavy atom. The number of fused-ring (bicyclic) bond motifs is 1. The molecule has 2 amide bonds. The van der Waals surface area contributed by atoms with Crippen molar-refractivity contribution in [2.45, 2.75) is 70.6 Å². The molecule has 1 fully saturated rings. The maximum atomic E-state index is 13.2. The van der Waals surface area contributed by atoms with Crippen molar-refractivity contribution in [3.05, 3.63) is 63.5 Å². The van der Waals surface area contributed by atoms with Crippen molar-refractivity contribution < 1.29 is 28.9 Å². The third-order valence-corrected chi connectivity index (χ3v) is 8.55. The Morgan fingerprint density at radius 3 is 2.57 bits per heavy atom. The zero-order chi connectivity index (χ0) is 33.2. The number of amides is 2. The monoisotopic (exact) mass is 652 g/mol. The highest BCUT2D eigenvalue weighted by Gasteiger charge is 2.35. The van der Waals surface area contributed by atoms with Crippen LogP contribution in [0.4, 0.5) is 4.79 Å². The molecule has 1 aliphatic rings. The van der Waals surface area contributed by atoms with E-state index < -0.39 is 17.3 Å². The van der Waals surface area contributed by atoms with Crippen LogP contribution in [0.2, 0.25) is 0 Å². The lowest BCUT2D eigenvalue weighted by molar-refractivity contribution is -0.136. The van der Waals surface area contributed by atoms with Crippen LogP contribution in [-0.2, 0) is 25.5 Å². The average Bonchev–Trinajstić information content (AvgIpc) is 3.43. The van der Waals surface area contributed by atoms with E-state index in [1.807, 2.05) is 35.2 Å². The average molecular weight is 653 g/mol. The van der Waals surface area contributed by atoms with Crippen molar-refractivity contribution in [3.8, 4) is 11.8 Å². The number of ether oxygens (including phenoxy) is 3. The molecule has 1 aliphatic heterocycles. The largest absolute Gasteiger partial charge is 0.444 e. The van der Waals surface area contributed by atoms with E-state index in [1.54, 1.807) is 26.2 Å². The number of piperidine rings is 1. The predicted molar refractivity (Wildman–Crippen MR) is 177 cm³/mol. The summed E-state index contributed by atoms with van der Waals surface area (Å²) in [6.07, 6.45) is 2.18. The van der Waals surface area contributed by atoms with Gasteiger partial charge in [0.1, 0.15) is 22.4 Å². The summed E-state index contributed by atoms with van der Waals surface area (Å²) in [5, 5.41) is 15.7. The molecule has 3 aromatic rings. The highest BCUT2D eigenvalue weighted by molar-refractivity contribution is 7.17. The van der Waals surface area contributed by atoms with E-state index in [0.717, 1.165) is 5.56 Å². The summed E-state index contributed by atoms with van der Waals surface area (Å²) in [5.41, 5.74) is 0.440. The van der Waals surface area contributed by atoms with Crippen LogP contribution in [0.3, 0.4) is 0 Å². The predicted octanol–water partition coefficient (Wildman–Crippen LogP) is 3.91. The minimum Gasteiger partial charge on any atom is -0.444 e. The molecule has 1 saturated heterocycles. The Morgan fingerprint density at radius 2 is 1.85 bits per heavy atom. The van der Waals surface area contributed by atoms with Gasteiger partial charge in [-0.15, -0.1) is 11.3 Å². The lowest BCUT2D eigenvalue weighted by Crippen LogP contribution is -2.49. The van der Waals surface area contributed by atoms with E-state index in [1.165, 1.54) is 22.2 Å². The van der Waals surface area contributed by atoms with Crippen LogP contribution in [0.15, 0.2) is 46.8 Å². The Bertz CT molecular complexity index is 1580. The maximum Gasteiger partial charge on any atom is 0.407 e. The number of rotatable bonds is 12. The number of benzene rings is 1. The molecule has 0 unspecified atom stereocenters. The van der Waals surface area contributed by atoms with Crippen molar-refractivity contribution >= 4 is 33.6 Å². The number of nitrogens with one attached hydrogen (secondary N) is 1. The van der Waals surface area contributed by atoms with Crippen LogP contribution >= 0.6 is 11.3 Å². The molecule has 0 aliphatic carbocycles. The second-order valence-electron chi connectivity index (χ2n) is 12.5. The number of likely N-dealkylation sites (tertiary alicyclic amines) is 1. The van der Waals surface area contributed by atoms with Gasteiger partial charge in [0.05, 0.1) is 43.9 Å². The van der Waals surface area contributed by atoms with Crippen LogP contribution in [0.25, 0.3) is 10.2 Å². The fourth-order valence-corrected chi connectivity index (χ4v) is 5.99. The highest BCUT2D eigenvalue weighted by Crippen LogP contribution is 2.27. The number of hydrogen-bond donors (Lipinski definition) is 2. The third kappa shape index (κ3) is 10.4. The molecule has 3 heterocycles. The van der Waals surface area contributed by atoms with Crippen molar-refractivity contribution in [3.63, 3.8) is 0 Å². The summed E-state index contributed by atoms with van der Waals surface area (Å²) in [6.45, 7) is 10.0. The number of aliphatic hydroxyl groups is 1. The molecule has 0 spiro atoms. The number of carbonyl (C=O) groups is 2. The molecule has 0 radical (unpaired) electrons. The summed E-state index contributed by atoms with van der Waals surface area (Å²) < 4.78 is 18.0. The third-order valence-electron chi connectivity index (χ3n) is 7.59. The maximum absolute atomic E-state index is 13.2. The van der Waals surface area contributed by atoms with Crippen LogP contribution < -0.4 is 10.9 Å². The SMILES string of the molecule is C[C@H](CC(=O)N1CCC(O)(Cn2cnc3c(C#CCOCCOCCNC(=O)OC(C)(C)C)csc3c2=O)CC1)c1ccccc1. The fourth-order valence-electron chi connectivity index (χ4n) is 5.10. The lowest BCUT2D eigenvalue weighted by Gasteiger charge is -2.38. The molecule has 12 heteroatoms. The second kappa shape index (κ2) is 16.2. The number of thiophene rings is 1. The molecule has 46 heavy (non-hydrogen) atoms. The van der Waals surface area contributed by atoms with Crippen molar-refractivity contribution in [1.82, 2.24) is 19.8 Å². The van der Waals surface area contributed by atoms with Crippen LogP contribution in [0.5, 0.6) is 0 Å². The summed E-state index contributed by atoms with van der Waals surface area (Å²) in [7, 11) is 0. The van der Waals surface area contributed by atoms with E-state index >= 15 is 0 Å². The van der Waals surface area contributed by atoms with Crippen LogP contribution in [-0.4, -0.2) is 88.8 Å². The molecule has 2 aromatic heterocycles. The van der Waals surface area contributed by atoms with Gasteiger partial charge < -0.3 is 29.5 Å². The summed E-state index contributed by atoms with van der Waals surface area (Å²) in [6, 6.07) is 9.98. The van der Waals surface area contributed by atoms with Crippen LogP contribution in [0, 0.1) is 11.8 Å². The summed E-state index contributed by atoms with van der Waals surface area (Å²) in [4.78, 5) is 44.1. The van der Waals surface area contributed by atoms with Gasteiger partial charge in [0.25, 0.3) is 5.56 Å². The standard InChI is InChI=1S/C34H44N4O7S/c1-25(26-9-6-5-7-10-26)21-28(39)37-15-12-34(42,13-16-37)23-38-24-36-29-27(22-46-30(29)31(38)40)11-8-17-43-19-20-44-18-14-35-32(41)45-33(2,3)4/h5-7,9-10,22,24-25,42H,12-21,23H2,1-4H3,(H,35,41)/t25-/m1/s1. The van der Waals surface area contributed by atoms with E-state index in [-0.39, 0.29) is 30.5 Å². The second-order valence-corrected chi connectivity index (χ2v) is 13.4. The zero-order valence-electron chi connectivity index (χ0n) is 27.0. The number of hydrogen-bond acceptors (Lipinski definition) is 9. The molecule has 1 atom stereocenters. The minimum atomic E-state index is -1.10.